The molecule has 0 aromatic heterocycles. The maximum absolute atomic E-state index is 12.2. The Morgan fingerprint density at radius 3 is 2.91 bits per heavy atom. The average molecular weight is 305 g/mol. The van der Waals surface area contributed by atoms with E-state index in [-0.39, 0.29) is 31.2 Å². The summed E-state index contributed by atoms with van der Waals surface area (Å²) >= 11 is 0. The molecule has 0 radical (unpaired) electrons. The standard InChI is InChI=1S/C15H19N3O4/c16-15(20)11-3-1-2-6-18(11)8-14(19)17-10-4-5-12-13(7-10)22-9-21-12/h4-5,7,11H,1-3,6,8-9H2,(H2,16,20)(H,17,19). The Labute approximate surface area is 128 Å². The molecule has 3 N–H and O–H groups in total. The summed E-state index contributed by atoms with van der Waals surface area (Å²) in [4.78, 5) is 25.5. The van der Waals surface area contributed by atoms with Gasteiger partial charge in [-0.1, -0.05) is 6.42 Å². The third-order valence-corrected chi connectivity index (χ3v) is 3.95. The molecular formula is C15H19N3O4. The third-order valence-electron chi connectivity index (χ3n) is 3.95. The molecule has 118 valence electrons. The Balaban J connectivity index is 1.61. The molecule has 1 unspecified atom stereocenters. The molecule has 1 aromatic carbocycles. The molecule has 0 saturated carbocycles. The highest BCUT2D eigenvalue weighted by Gasteiger charge is 2.28. The molecule has 0 spiro atoms. The monoisotopic (exact) mass is 305 g/mol. The second-order valence-electron chi connectivity index (χ2n) is 5.50. The van der Waals surface area contributed by atoms with E-state index >= 15 is 0 Å². The Hall–Kier alpha value is -2.28. The SMILES string of the molecule is NC(=O)C1CCCCN1CC(=O)Nc1ccc2c(c1)OCO2. The van der Waals surface area contributed by atoms with Crippen molar-refractivity contribution in [3.05, 3.63) is 18.2 Å². The van der Waals surface area contributed by atoms with E-state index < -0.39 is 0 Å². The number of carbonyl (C=O) groups excluding carboxylic acids is 2. The van der Waals surface area contributed by atoms with Crippen LogP contribution >= 0.6 is 0 Å². The minimum Gasteiger partial charge on any atom is -0.454 e. The lowest BCUT2D eigenvalue weighted by atomic mass is 10.0. The first-order valence-electron chi connectivity index (χ1n) is 7.36. The van der Waals surface area contributed by atoms with Gasteiger partial charge in [-0.15, -0.1) is 0 Å². The van der Waals surface area contributed by atoms with Crippen LogP contribution in [-0.2, 0) is 9.59 Å². The molecule has 0 bridgehead atoms. The zero-order valence-electron chi connectivity index (χ0n) is 12.2. The number of hydrogen-bond donors (Lipinski definition) is 2. The molecule has 1 aromatic rings. The van der Waals surface area contributed by atoms with Gasteiger partial charge in [0.05, 0.1) is 12.6 Å². The molecule has 2 aliphatic rings. The zero-order valence-corrected chi connectivity index (χ0v) is 12.2. The van der Waals surface area contributed by atoms with Crippen molar-refractivity contribution in [3.63, 3.8) is 0 Å². The van der Waals surface area contributed by atoms with Crippen molar-refractivity contribution in [3.8, 4) is 11.5 Å². The summed E-state index contributed by atoms with van der Waals surface area (Å²) in [7, 11) is 0. The van der Waals surface area contributed by atoms with Crippen LogP contribution in [0.4, 0.5) is 5.69 Å². The maximum atomic E-state index is 12.2. The average Bonchev–Trinajstić information content (AvgIpc) is 2.95. The first-order chi connectivity index (χ1) is 10.6. The van der Waals surface area contributed by atoms with Crippen LogP contribution in [0, 0.1) is 0 Å². The van der Waals surface area contributed by atoms with E-state index in [0.29, 0.717) is 30.2 Å². The zero-order chi connectivity index (χ0) is 15.5. The van der Waals surface area contributed by atoms with Crippen molar-refractivity contribution < 1.29 is 19.1 Å². The first kappa shape index (κ1) is 14.6. The van der Waals surface area contributed by atoms with Gasteiger partial charge in [0.15, 0.2) is 11.5 Å². The summed E-state index contributed by atoms with van der Waals surface area (Å²) < 4.78 is 10.5. The number of amides is 2. The van der Waals surface area contributed by atoms with Crippen molar-refractivity contribution >= 4 is 17.5 Å². The van der Waals surface area contributed by atoms with E-state index in [0.717, 1.165) is 12.8 Å². The van der Waals surface area contributed by atoms with Crippen molar-refractivity contribution in [2.75, 3.05) is 25.2 Å². The fraction of sp³-hybridized carbons (Fsp3) is 0.467. The molecule has 2 aliphatic heterocycles. The molecule has 1 saturated heterocycles. The fourth-order valence-corrected chi connectivity index (χ4v) is 2.86. The molecule has 7 nitrogen and oxygen atoms in total. The third kappa shape index (κ3) is 3.14. The number of ether oxygens (including phenoxy) is 2. The van der Waals surface area contributed by atoms with Gasteiger partial charge >= 0.3 is 0 Å². The Morgan fingerprint density at radius 1 is 1.27 bits per heavy atom. The summed E-state index contributed by atoms with van der Waals surface area (Å²) in [6.07, 6.45) is 2.65. The highest BCUT2D eigenvalue weighted by molar-refractivity contribution is 5.93. The van der Waals surface area contributed by atoms with Crippen LogP contribution in [0.25, 0.3) is 0 Å². The van der Waals surface area contributed by atoms with Gasteiger partial charge in [-0.2, -0.15) is 0 Å². The minimum absolute atomic E-state index is 0.155. The smallest absolute Gasteiger partial charge is 0.238 e. The summed E-state index contributed by atoms with van der Waals surface area (Å²) in [5.41, 5.74) is 6.05. The topological polar surface area (TPSA) is 93.9 Å². The molecule has 0 aliphatic carbocycles. The van der Waals surface area contributed by atoms with Gasteiger partial charge in [0, 0.05) is 11.8 Å². The quantitative estimate of drug-likeness (QED) is 0.853. The summed E-state index contributed by atoms with van der Waals surface area (Å²) in [6, 6.07) is 4.89. The van der Waals surface area contributed by atoms with Crippen LogP contribution in [0.1, 0.15) is 19.3 Å². The highest BCUT2D eigenvalue weighted by Crippen LogP contribution is 2.34. The van der Waals surface area contributed by atoms with Gasteiger partial charge in [-0.3, -0.25) is 14.5 Å². The number of piperidine rings is 1. The second kappa shape index (κ2) is 6.23. The molecular weight excluding hydrogens is 286 g/mol. The first-order valence-corrected chi connectivity index (χ1v) is 7.36. The number of benzene rings is 1. The molecule has 7 heteroatoms. The van der Waals surface area contributed by atoms with Crippen LogP contribution in [0.5, 0.6) is 11.5 Å². The number of primary amides is 1. The predicted molar refractivity (Wildman–Crippen MR) is 79.6 cm³/mol. The number of fused-ring (bicyclic) bond motifs is 1. The second-order valence-corrected chi connectivity index (χ2v) is 5.50. The predicted octanol–water partition coefficient (Wildman–Crippen LogP) is 0.694. The van der Waals surface area contributed by atoms with E-state index in [4.69, 9.17) is 15.2 Å². The van der Waals surface area contributed by atoms with Crippen LogP contribution in [-0.4, -0.2) is 42.6 Å². The van der Waals surface area contributed by atoms with Gasteiger partial charge in [-0.05, 0) is 31.5 Å². The van der Waals surface area contributed by atoms with Gasteiger partial charge in [0.25, 0.3) is 0 Å². The summed E-state index contributed by atoms with van der Waals surface area (Å²) in [5, 5.41) is 2.81. The molecule has 22 heavy (non-hydrogen) atoms. The Kier molecular flexibility index (Phi) is 4.15. The van der Waals surface area contributed by atoms with Crippen molar-refractivity contribution in [2.24, 2.45) is 5.73 Å². The van der Waals surface area contributed by atoms with Crippen LogP contribution in [0.3, 0.4) is 0 Å². The number of hydrogen-bond acceptors (Lipinski definition) is 5. The number of nitrogens with zero attached hydrogens (tertiary/aromatic N) is 1. The number of nitrogens with two attached hydrogens (primary N) is 1. The lowest BCUT2D eigenvalue weighted by molar-refractivity contribution is -0.126. The lowest BCUT2D eigenvalue weighted by Crippen LogP contribution is -2.50. The molecule has 1 fully saturated rings. The lowest BCUT2D eigenvalue weighted by Gasteiger charge is -2.32. The molecule has 2 heterocycles. The Morgan fingerprint density at radius 2 is 2.09 bits per heavy atom. The summed E-state index contributed by atoms with van der Waals surface area (Å²) in [6.45, 7) is 1.06. The van der Waals surface area contributed by atoms with E-state index in [1.54, 1.807) is 18.2 Å². The molecule has 2 amide bonds. The van der Waals surface area contributed by atoms with E-state index in [9.17, 15) is 9.59 Å². The van der Waals surface area contributed by atoms with Gasteiger partial charge < -0.3 is 20.5 Å². The van der Waals surface area contributed by atoms with Gasteiger partial charge in [-0.25, -0.2) is 0 Å². The van der Waals surface area contributed by atoms with Gasteiger partial charge in [0.1, 0.15) is 0 Å². The van der Waals surface area contributed by atoms with E-state index in [1.165, 1.54) is 0 Å². The van der Waals surface area contributed by atoms with Crippen LogP contribution in [0.2, 0.25) is 0 Å². The Bertz CT molecular complexity index is 590. The molecule has 1 atom stereocenters. The highest BCUT2D eigenvalue weighted by atomic mass is 16.7. The minimum atomic E-state index is -0.365. The largest absolute Gasteiger partial charge is 0.454 e. The molecule has 3 rings (SSSR count). The number of carbonyl (C=O) groups is 2. The normalized spacial score (nSPS) is 20.6. The number of rotatable bonds is 4. The fourth-order valence-electron chi connectivity index (χ4n) is 2.86. The number of anilines is 1. The van der Waals surface area contributed by atoms with Crippen LogP contribution in [0.15, 0.2) is 18.2 Å². The summed E-state index contributed by atoms with van der Waals surface area (Å²) in [5.74, 6) is 0.746. The van der Waals surface area contributed by atoms with Crippen molar-refractivity contribution in [1.29, 1.82) is 0 Å². The van der Waals surface area contributed by atoms with E-state index in [2.05, 4.69) is 5.32 Å². The van der Waals surface area contributed by atoms with Crippen LogP contribution < -0.4 is 20.5 Å². The van der Waals surface area contributed by atoms with Gasteiger partial charge in [0.2, 0.25) is 18.6 Å². The van der Waals surface area contributed by atoms with Crippen molar-refractivity contribution in [2.45, 2.75) is 25.3 Å². The number of likely N-dealkylation sites (tertiary alicyclic amines) is 1. The number of nitrogens with one attached hydrogen (secondary N) is 1. The maximum Gasteiger partial charge on any atom is 0.238 e. The van der Waals surface area contributed by atoms with E-state index in [1.807, 2.05) is 4.90 Å². The van der Waals surface area contributed by atoms with Crippen molar-refractivity contribution in [1.82, 2.24) is 4.90 Å².